The Hall–Kier alpha value is -1.13. The Labute approximate surface area is 83.5 Å². The maximum Gasteiger partial charge on any atom is 0.331 e. The summed E-state index contributed by atoms with van der Waals surface area (Å²) in [5, 5.41) is 17.8. The van der Waals surface area contributed by atoms with E-state index in [1.54, 1.807) is 0 Å². The first-order valence-electron chi connectivity index (χ1n) is 4.24. The minimum Gasteiger partial charge on any atom is -0.478 e. The molecule has 0 rings (SSSR count). The minimum absolute atomic E-state index is 0.0172. The molecule has 14 heavy (non-hydrogen) atoms. The maximum atomic E-state index is 10.4. The van der Waals surface area contributed by atoms with Crippen LogP contribution in [0.1, 0.15) is 13.3 Å². The van der Waals surface area contributed by atoms with Crippen LogP contribution in [0.15, 0.2) is 24.3 Å². The molecule has 0 heterocycles. The monoisotopic (exact) mass is 200 g/mol. The Kier molecular flexibility index (Phi) is 5.83. The van der Waals surface area contributed by atoms with E-state index in [1.807, 2.05) is 6.92 Å². The highest BCUT2D eigenvalue weighted by atomic mass is 16.5. The lowest BCUT2D eigenvalue weighted by molar-refractivity contribution is -0.133. The van der Waals surface area contributed by atoms with Crippen molar-refractivity contribution in [2.24, 2.45) is 0 Å². The summed E-state index contributed by atoms with van der Waals surface area (Å²) in [5.41, 5.74) is 0.839. The SMILES string of the molecule is C=C(C)COCC(O)CC(=C)C(=O)O. The third-order valence-electron chi connectivity index (χ3n) is 1.44. The fourth-order valence-electron chi connectivity index (χ4n) is 0.800. The first kappa shape index (κ1) is 12.9. The van der Waals surface area contributed by atoms with Gasteiger partial charge in [-0.3, -0.25) is 0 Å². The zero-order valence-corrected chi connectivity index (χ0v) is 8.32. The topological polar surface area (TPSA) is 66.8 Å². The highest BCUT2D eigenvalue weighted by Crippen LogP contribution is 2.04. The molecule has 0 radical (unpaired) electrons. The first-order chi connectivity index (χ1) is 6.43. The number of rotatable bonds is 7. The van der Waals surface area contributed by atoms with Crippen LogP contribution in [-0.4, -0.2) is 35.5 Å². The van der Waals surface area contributed by atoms with E-state index >= 15 is 0 Å². The van der Waals surface area contributed by atoms with Crippen LogP contribution in [-0.2, 0) is 9.53 Å². The normalized spacial score (nSPS) is 12.1. The summed E-state index contributed by atoms with van der Waals surface area (Å²) < 4.78 is 5.05. The zero-order chi connectivity index (χ0) is 11.1. The van der Waals surface area contributed by atoms with E-state index in [-0.39, 0.29) is 18.6 Å². The second-order valence-corrected chi connectivity index (χ2v) is 3.24. The van der Waals surface area contributed by atoms with Crippen molar-refractivity contribution in [1.82, 2.24) is 0 Å². The molecule has 0 aliphatic rings. The Morgan fingerprint density at radius 3 is 2.50 bits per heavy atom. The van der Waals surface area contributed by atoms with Crippen LogP contribution in [0.4, 0.5) is 0 Å². The van der Waals surface area contributed by atoms with E-state index in [4.69, 9.17) is 9.84 Å². The molecule has 0 fully saturated rings. The molecule has 4 heteroatoms. The van der Waals surface area contributed by atoms with Crippen LogP contribution >= 0.6 is 0 Å². The van der Waals surface area contributed by atoms with Crippen molar-refractivity contribution in [1.29, 1.82) is 0 Å². The molecule has 0 spiro atoms. The largest absolute Gasteiger partial charge is 0.478 e. The minimum atomic E-state index is -1.09. The number of aliphatic hydroxyl groups excluding tert-OH is 1. The van der Waals surface area contributed by atoms with Gasteiger partial charge in [-0.2, -0.15) is 0 Å². The second kappa shape index (κ2) is 6.34. The summed E-state index contributed by atoms with van der Waals surface area (Å²) in [4.78, 5) is 10.4. The standard InChI is InChI=1S/C10H16O4/c1-7(2)5-14-6-9(11)4-8(3)10(12)13/h9,11H,1,3-6H2,2H3,(H,12,13). The Morgan fingerprint density at radius 2 is 2.07 bits per heavy atom. The van der Waals surface area contributed by atoms with Gasteiger partial charge in [-0.15, -0.1) is 0 Å². The lowest BCUT2D eigenvalue weighted by Gasteiger charge is -2.10. The van der Waals surface area contributed by atoms with Crippen molar-refractivity contribution >= 4 is 5.97 Å². The van der Waals surface area contributed by atoms with Crippen molar-refractivity contribution in [3.05, 3.63) is 24.3 Å². The van der Waals surface area contributed by atoms with Gasteiger partial charge in [-0.1, -0.05) is 18.7 Å². The molecular formula is C10H16O4. The smallest absolute Gasteiger partial charge is 0.331 e. The number of aliphatic hydroxyl groups is 1. The molecule has 0 aliphatic heterocycles. The van der Waals surface area contributed by atoms with E-state index < -0.39 is 12.1 Å². The molecule has 80 valence electrons. The van der Waals surface area contributed by atoms with Crippen LogP contribution in [0, 0.1) is 0 Å². The molecular weight excluding hydrogens is 184 g/mol. The zero-order valence-electron chi connectivity index (χ0n) is 8.32. The van der Waals surface area contributed by atoms with Gasteiger partial charge in [0.25, 0.3) is 0 Å². The van der Waals surface area contributed by atoms with Crippen LogP contribution < -0.4 is 0 Å². The third kappa shape index (κ3) is 6.39. The second-order valence-electron chi connectivity index (χ2n) is 3.24. The van der Waals surface area contributed by atoms with Crippen molar-refractivity contribution in [3.8, 4) is 0 Å². The number of carboxylic acids is 1. The number of aliphatic carboxylic acids is 1. The Morgan fingerprint density at radius 1 is 1.50 bits per heavy atom. The van der Waals surface area contributed by atoms with Gasteiger partial charge in [0.15, 0.2) is 0 Å². The molecule has 0 aromatic carbocycles. The summed E-state index contributed by atoms with van der Waals surface area (Å²) in [6, 6.07) is 0. The average Bonchev–Trinajstić information content (AvgIpc) is 2.02. The van der Waals surface area contributed by atoms with Gasteiger partial charge in [-0.05, 0) is 6.92 Å². The van der Waals surface area contributed by atoms with Crippen molar-refractivity contribution < 1.29 is 19.7 Å². The summed E-state index contributed by atoms with van der Waals surface area (Å²) >= 11 is 0. The predicted molar refractivity (Wildman–Crippen MR) is 53.0 cm³/mol. The molecule has 0 bridgehead atoms. The van der Waals surface area contributed by atoms with Gasteiger partial charge in [0.2, 0.25) is 0 Å². The highest BCUT2D eigenvalue weighted by molar-refractivity contribution is 5.85. The Bertz CT molecular complexity index is 232. The van der Waals surface area contributed by atoms with Gasteiger partial charge in [0.05, 0.1) is 19.3 Å². The van der Waals surface area contributed by atoms with Gasteiger partial charge in [-0.25, -0.2) is 4.79 Å². The third-order valence-corrected chi connectivity index (χ3v) is 1.44. The lowest BCUT2D eigenvalue weighted by atomic mass is 10.1. The number of hydrogen-bond donors (Lipinski definition) is 2. The molecule has 0 saturated heterocycles. The maximum absolute atomic E-state index is 10.4. The molecule has 1 atom stereocenters. The van der Waals surface area contributed by atoms with Crippen LogP contribution in [0.5, 0.6) is 0 Å². The molecule has 4 nitrogen and oxygen atoms in total. The van der Waals surface area contributed by atoms with E-state index in [9.17, 15) is 9.90 Å². The molecule has 1 unspecified atom stereocenters. The lowest BCUT2D eigenvalue weighted by Crippen LogP contribution is -2.18. The Balaban J connectivity index is 3.65. The first-order valence-corrected chi connectivity index (χ1v) is 4.24. The van der Waals surface area contributed by atoms with Gasteiger partial charge < -0.3 is 14.9 Å². The summed E-state index contributed by atoms with van der Waals surface area (Å²) in [6.07, 6.45) is -0.802. The number of carbonyl (C=O) groups is 1. The van der Waals surface area contributed by atoms with Gasteiger partial charge >= 0.3 is 5.97 Å². The molecule has 0 saturated carbocycles. The van der Waals surface area contributed by atoms with E-state index in [1.165, 1.54) is 0 Å². The summed E-state index contributed by atoms with van der Waals surface area (Å²) in [7, 11) is 0. The van der Waals surface area contributed by atoms with Crippen LogP contribution in [0.2, 0.25) is 0 Å². The number of carboxylic acid groups (broad SMARTS) is 1. The fraction of sp³-hybridized carbons (Fsp3) is 0.500. The van der Waals surface area contributed by atoms with Crippen molar-refractivity contribution in [3.63, 3.8) is 0 Å². The average molecular weight is 200 g/mol. The summed E-state index contributed by atoms with van der Waals surface area (Å²) in [6.45, 7) is 9.20. The predicted octanol–water partition coefficient (Wildman–Crippen LogP) is 0.971. The number of ether oxygens (including phenoxy) is 1. The van der Waals surface area contributed by atoms with Crippen molar-refractivity contribution in [2.45, 2.75) is 19.4 Å². The fourth-order valence-corrected chi connectivity index (χ4v) is 0.800. The van der Waals surface area contributed by atoms with Crippen LogP contribution in [0.3, 0.4) is 0 Å². The van der Waals surface area contributed by atoms with E-state index in [0.717, 1.165) is 5.57 Å². The van der Waals surface area contributed by atoms with E-state index in [2.05, 4.69) is 13.2 Å². The summed E-state index contributed by atoms with van der Waals surface area (Å²) in [5.74, 6) is -1.09. The molecule has 2 N–H and O–H groups in total. The van der Waals surface area contributed by atoms with Gasteiger partial charge in [0, 0.05) is 12.0 Å². The van der Waals surface area contributed by atoms with Gasteiger partial charge in [0.1, 0.15) is 0 Å². The molecule has 0 amide bonds. The van der Waals surface area contributed by atoms with Crippen LogP contribution in [0.25, 0.3) is 0 Å². The molecule has 0 aromatic rings. The number of hydrogen-bond acceptors (Lipinski definition) is 3. The highest BCUT2D eigenvalue weighted by Gasteiger charge is 2.11. The molecule has 0 aromatic heterocycles. The van der Waals surface area contributed by atoms with E-state index in [0.29, 0.717) is 6.61 Å². The molecule has 0 aliphatic carbocycles. The van der Waals surface area contributed by atoms with Crippen molar-refractivity contribution in [2.75, 3.05) is 13.2 Å². The quantitative estimate of drug-likeness (QED) is 0.474.